The lowest BCUT2D eigenvalue weighted by atomic mass is 9.94. The normalized spacial score (nSPS) is 22.7. The van der Waals surface area contributed by atoms with Gasteiger partial charge in [0.05, 0.1) is 10.7 Å². The fourth-order valence-electron chi connectivity index (χ4n) is 3.29. The van der Waals surface area contributed by atoms with Crippen molar-refractivity contribution in [2.45, 2.75) is 31.2 Å². The van der Waals surface area contributed by atoms with Gasteiger partial charge in [-0.1, -0.05) is 24.4 Å². The summed E-state index contributed by atoms with van der Waals surface area (Å²) in [5.41, 5.74) is 1.55. The third-order valence-corrected chi connectivity index (χ3v) is 5.16. The smallest absolute Gasteiger partial charge is 0.0650 e. The van der Waals surface area contributed by atoms with Crippen LogP contribution >= 0.6 is 34.2 Å². The van der Waals surface area contributed by atoms with Gasteiger partial charge >= 0.3 is 0 Å². The van der Waals surface area contributed by atoms with E-state index in [0.717, 1.165) is 24.7 Å². The Morgan fingerprint density at radius 2 is 2.06 bits per heavy atom. The number of rotatable bonds is 1. The van der Waals surface area contributed by atoms with Crippen LogP contribution in [-0.2, 0) is 0 Å². The Hall–Kier alpha value is -0.000000000000000132. The highest BCUT2D eigenvalue weighted by molar-refractivity contribution is 14.1. The van der Waals surface area contributed by atoms with Crippen LogP contribution in [0.1, 0.15) is 25.7 Å². The zero-order chi connectivity index (χ0) is 12.6. The fraction of sp³-hybridized carbons (Fsp3) is 0.571. The summed E-state index contributed by atoms with van der Waals surface area (Å²) in [4.78, 5) is 2.46. The molecule has 0 atom stereocenters. The molecule has 1 heterocycles. The van der Waals surface area contributed by atoms with Crippen LogP contribution < -0.4 is 10.2 Å². The molecule has 1 saturated heterocycles. The van der Waals surface area contributed by atoms with Crippen LogP contribution in [0.15, 0.2) is 18.2 Å². The molecule has 0 bridgehead atoms. The Balaban J connectivity index is 1.83. The summed E-state index contributed by atoms with van der Waals surface area (Å²) >= 11 is 8.70. The van der Waals surface area contributed by atoms with Crippen molar-refractivity contribution in [3.8, 4) is 0 Å². The topological polar surface area (TPSA) is 15.3 Å². The number of nitrogens with zero attached hydrogens (tertiary/aromatic N) is 1. The van der Waals surface area contributed by atoms with Crippen molar-refractivity contribution in [1.82, 2.24) is 5.32 Å². The molecule has 1 spiro atoms. The molecule has 4 heteroatoms. The van der Waals surface area contributed by atoms with E-state index in [4.69, 9.17) is 11.6 Å². The van der Waals surface area contributed by atoms with Crippen LogP contribution in [0.2, 0.25) is 5.02 Å². The lowest BCUT2D eigenvalue weighted by Gasteiger charge is -2.43. The first-order valence-electron chi connectivity index (χ1n) is 6.64. The van der Waals surface area contributed by atoms with E-state index < -0.39 is 0 Å². The minimum atomic E-state index is 0.352. The minimum absolute atomic E-state index is 0.352. The van der Waals surface area contributed by atoms with E-state index in [2.05, 4.69) is 51.0 Å². The zero-order valence-electron chi connectivity index (χ0n) is 10.4. The maximum atomic E-state index is 6.39. The quantitative estimate of drug-likeness (QED) is 0.753. The van der Waals surface area contributed by atoms with E-state index in [0.29, 0.717) is 5.54 Å². The summed E-state index contributed by atoms with van der Waals surface area (Å²) in [5.74, 6) is 0. The first-order chi connectivity index (χ1) is 8.69. The lowest BCUT2D eigenvalue weighted by molar-refractivity contribution is 0.304. The van der Waals surface area contributed by atoms with Crippen LogP contribution in [-0.4, -0.2) is 25.2 Å². The first kappa shape index (κ1) is 13.0. The molecule has 0 aromatic heterocycles. The zero-order valence-corrected chi connectivity index (χ0v) is 13.3. The maximum absolute atomic E-state index is 6.39. The molecule has 2 fully saturated rings. The van der Waals surface area contributed by atoms with E-state index >= 15 is 0 Å². The average molecular weight is 377 g/mol. The van der Waals surface area contributed by atoms with E-state index in [9.17, 15) is 0 Å². The molecule has 2 aliphatic rings. The second-order valence-corrected chi connectivity index (χ2v) is 7.08. The van der Waals surface area contributed by atoms with Gasteiger partial charge in [0.2, 0.25) is 0 Å². The molecule has 0 radical (unpaired) electrons. The number of halogens is 2. The fourth-order valence-corrected chi connectivity index (χ4v) is 4.26. The number of nitrogens with one attached hydrogen (secondary N) is 1. The van der Waals surface area contributed by atoms with Crippen molar-refractivity contribution in [1.29, 1.82) is 0 Å². The van der Waals surface area contributed by atoms with Gasteiger partial charge in [0.1, 0.15) is 0 Å². The molecule has 3 rings (SSSR count). The third-order valence-electron chi connectivity index (χ3n) is 4.19. The predicted molar refractivity (Wildman–Crippen MR) is 85.6 cm³/mol. The van der Waals surface area contributed by atoms with Gasteiger partial charge in [-0.15, -0.1) is 0 Å². The summed E-state index contributed by atoms with van der Waals surface area (Å²) in [5, 5.41) is 4.62. The van der Waals surface area contributed by atoms with E-state index in [1.807, 2.05) is 0 Å². The minimum Gasteiger partial charge on any atom is -0.367 e. The summed E-state index contributed by atoms with van der Waals surface area (Å²) in [6.45, 7) is 3.23. The van der Waals surface area contributed by atoms with Crippen LogP contribution in [0.3, 0.4) is 0 Å². The van der Waals surface area contributed by atoms with Crippen LogP contribution in [0.5, 0.6) is 0 Å². The summed E-state index contributed by atoms with van der Waals surface area (Å²) < 4.78 is 1.20. The predicted octanol–water partition coefficient (Wildman–Crippen LogP) is 3.67. The highest BCUT2D eigenvalue weighted by Gasteiger charge is 2.37. The maximum Gasteiger partial charge on any atom is 0.0650 e. The number of hydrogen-bond acceptors (Lipinski definition) is 2. The van der Waals surface area contributed by atoms with Crippen molar-refractivity contribution >= 4 is 39.9 Å². The number of piperazine rings is 1. The van der Waals surface area contributed by atoms with E-state index in [1.54, 1.807) is 0 Å². The first-order valence-corrected chi connectivity index (χ1v) is 8.09. The van der Waals surface area contributed by atoms with Crippen molar-refractivity contribution in [3.63, 3.8) is 0 Å². The Bertz CT molecular complexity index is 443. The Labute approximate surface area is 127 Å². The van der Waals surface area contributed by atoms with Gasteiger partial charge in [0.25, 0.3) is 0 Å². The van der Waals surface area contributed by atoms with Crippen molar-refractivity contribution < 1.29 is 0 Å². The Morgan fingerprint density at radius 3 is 2.78 bits per heavy atom. The van der Waals surface area contributed by atoms with Crippen LogP contribution in [0.25, 0.3) is 0 Å². The Morgan fingerprint density at radius 1 is 1.28 bits per heavy atom. The monoisotopic (exact) mass is 376 g/mol. The molecule has 0 amide bonds. The summed E-state index contributed by atoms with van der Waals surface area (Å²) in [7, 11) is 0. The molecule has 1 aromatic rings. The second-order valence-electron chi connectivity index (χ2n) is 5.43. The largest absolute Gasteiger partial charge is 0.367 e. The molecular formula is C14H18ClIN2. The summed E-state index contributed by atoms with van der Waals surface area (Å²) in [6.07, 6.45) is 5.35. The molecular weight excluding hydrogens is 359 g/mol. The molecule has 1 N–H and O–H groups in total. The van der Waals surface area contributed by atoms with Gasteiger partial charge in [-0.25, -0.2) is 0 Å². The van der Waals surface area contributed by atoms with Gasteiger partial charge in [0.15, 0.2) is 0 Å². The number of anilines is 1. The van der Waals surface area contributed by atoms with Gasteiger partial charge in [0, 0.05) is 28.7 Å². The Kier molecular flexibility index (Phi) is 3.74. The van der Waals surface area contributed by atoms with E-state index in [1.165, 1.54) is 34.9 Å². The second kappa shape index (κ2) is 5.17. The molecule has 18 heavy (non-hydrogen) atoms. The third kappa shape index (κ3) is 2.49. The molecule has 1 aliphatic carbocycles. The molecule has 98 valence electrons. The molecule has 1 aromatic carbocycles. The average Bonchev–Trinajstić information content (AvgIpc) is 2.77. The van der Waals surface area contributed by atoms with Gasteiger partial charge in [-0.3, -0.25) is 0 Å². The van der Waals surface area contributed by atoms with E-state index in [-0.39, 0.29) is 0 Å². The number of benzene rings is 1. The van der Waals surface area contributed by atoms with Gasteiger partial charge in [-0.05, 0) is 53.6 Å². The number of hydrogen-bond donors (Lipinski definition) is 1. The summed E-state index contributed by atoms with van der Waals surface area (Å²) in [6, 6.07) is 6.37. The molecule has 2 nitrogen and oxygen atoms in total. The SMILES string of the molecule is Clc1cc(I)ccc1N1CCNC2(CCCC2)C1. The molecule has 1 aliphatic heterocycles. The van der Waals surface area contributed by atoms with Crippen molar-refractivity contribution in [2.75, 3.05) is 24.5 Å². The van der Waals surface area contributed by atoms with Gasteiger partial charge < -0.3 is 10.2 Å². The highest BCUT2D eigenvalue weighted by Crippen LogP contribution is 2.35. The highest BCUT2D eigenvalue weighted by atomic mass is 127. The van der Waals surface area contributed by atoms with Crippen molar-refractivity contribution in [3.05, 3.63) is 26.8 Å². The van der Waals surface area contributed by atoms with Gasteiger partial charge in [-0.2, -0.15) is 0 Å². The standard InChI is InChI=1S/C14H18ClIN2/c15-12-9-11(16)3-4-13(12)18-8-7-17-14(10-18)5-1-2-6-14/h3-4,9,17H,1-2,5-8,10H2. The molecule has 0 unspecified atom stereocenters. The molecule has 1 saturated carbocycles. The van der Waals surface area contributed by atoms with Crippen molar-refractivity contribution in [2.24, 2.45) is 0 Å². The van der Waals surface area contributed by atoms with Crippen LogP contribution in [0, 0.1) is 3.57 Å². The lowest BCUT2D eigenvalue weighted by Crippen LogP contribution is -2.59. The van der Waals surface area contributed by atoms with Crippen LogP contribution in [0.4, 0.5) is 5.69 Å².